The molecule has 0 unspecified atom stereocenters. The first-order valence-corrected chi connectivity index (χ1v) is 5.54. The fourth-order valence-electron chi connectivity index (χ4n) is 1.15. The van der Waals surface area contributed by atoms with Gasteiger partial charge in [-0.25, -0.2) is 0 Å². The third kappa shape index (κ3) is 4.78. The number of nitrogens with zero attached hydrogens (tertiary/aromatic N) is 2. The molecule has 17 heavy (non-hydrogen) atoms. The molecule has 1 heterocycles. The van der Waals surface area contributed by atoms with E-state index < -0.39 is 0 Å². The van der Waals surface area contributed by atoms with E-state index in [0.29, 0.717) is 24.7 Å². The van der Waals surface area contributed by atoms with Crippen molar-refractivity contribution in [2.75, 3.05) is 25.5 Å². The van der Waals surface area contributed by atoms with Crippen molar-refractivity contribution in [1.82, 2.24) is 15.5 Å². The zero-order chi connectivity index (χ0) is 12.7. The van der Waals surface area contributed by atoms with Crippen LogP contribution in [0.2, 0.25) is 0 Å². The molecule has 0 saturated heterocycles. The summed E-state index contributed by atoms with van der Waals surface area (Å²) in [4.78, 5) is 11.2. The van der Waals surface area contributed by atoms with Gasteiger partial charge < -0.3 is 15.4 Å². The van der Waals surface area contributed by atoms with Crippen LogP contribution in [0.5, 0.6) is 0 Å². The predicted octanol–water partition coefficient (Wildman–Crippen LogP) is 0.673. The summed E-state index contributed by atoms with van der Waals surface area (Å²) in [6, 6.07) is 3.34. The molecule has 6 nitrogen and oxygen atoms in total. The summed E-state index contributed by atoms with van der Waals surface area (Å²) in [7, 11) is 1.55. The van der Waals surface area contributed by atoms with E-state index in [1.54, 1.807) is 19.2 Å². The fourth-order valence-corrected chi connectivity index (χ4v) is 1.15. The highest BCUT2D eigenvalue weighted by atomic mass is 16.5. The van der Waals surface area contributed by atoms with Gasteiger partial charge in [0.15, 0.2) is 5.69 Å². The van der Waals surface area contributed by atoms with E-state index in [1.807, 2.05) is 13.8 Å². The van der Waals surface area contributed by atoms with Gasteiger partial charge in [-0.15, -0.1) is 10.2 Å². The average molecular weight is 238 g/mol. The van der Waals surface area contributed by atoms with E-state index in [-0.39, 0.29) is 12.0 Å². The second-order valence-electron chi connectivity index (χ2n) is 3.73. The van der Waals surface area contributed by atoms with Gasteiger partial charge in [-0.1, -0.05) is 0 Å². The monoisotopic (exact) mass is 238 g/mol. The Morgan fingerprint density at radius 3 is 2.71 bits per heavy atom. The second-order valence-corrected chi connectivity index (χ2v) is 3.73. The number of nitrogens with one attached hydrogen (secondary N) is 2. The molecule has 2 N–H and O–H groups in total. The molecule has 0 aromatic carbocycles. The van der Waals surface area contributed by atoms with E-state index >= 15 is 0 Å². The van der Waals surface area contributed by atoms with Crippen molar-refractivity contribution in [1.29, 1.82) is 0 Å². The fraction of sp³-hybridized carbons (Fsp3) is 0.545. The van der Waals surface area contributed by atoms with Crippen LogP contribution in [0.25, 0.3) is 0 Å². The van der Waals surface area contributed by atoms with Gasteiger partial charge >= 0.3 is 0 Å². The number of aromatic nitrogens is 2. The molecule has 0 aliphatic carbocycles. The Kier molecular flexibility index (Phi) is 5.35. The van der Waals surface area contributed by atoms with Crippen molar-refractivity contribution < 1.29 is 9.53 Å². The maximum absolute atomic E-state index is 11.2. The number of anilines is 1. The van der Waals surface area contributed by atoms with E-state index in [2.05, 4.69) is 20.8 Å². The number of rotatable bonds is 6. The average Bonchev–Trinajstić information content (AvgIpc) is 2.34. The van der Waals surface area contributed by atoms with Gasteiger partial charge in [0.1, 0.15) is 5.82 Å². The van der Waals surface area contributed by atoms with Gasteiger partial charge in [0.05, 0.1) is 12.7 Å². The van der Waals surface area contributed by atoms with Crippen LogP contribution in [0, 0.1) is 0 Å². The van der Waals surface area contributed by atoms with E-state index in [4.69, 9.17) is 4.74 Å². The Hall–Kier alpha value is -1.69. The lowest BCUT2D eigenvalue weighted by molar-refractivity contribution is 0.0870. The standard InChI is InChI=1S/C11H18N4O2/c1-8(2)17-7-6-13-10-5-4-9(14-15-10)11(16)12-3/h4-5,8H,6-7H2,1-3H3,(H,12,16)(H,13,15). The third-order valence-corrected chi connectivity index (χ3v) is 1.98. The molecule has 0 saturated carbocycles. The maximum atomic E-state index is 11.2. The van der Waals surface area contributed by atoms with Crippen molar-refractivity contribution in [3.05, 3.63) is 17.8 Å². The lowest BCUT2D eigenvalue weighted by Crippen LogP contribution is -2.20. The summed E-state index contributed by atoms with van der Waals surface area (Å²) in [6.45, 7) is 5.23. The largest absolute Gasteiger partial charge is 0.377 e. The molecule has 0 spiro atoms. The Bertz CT molecular complexity index is 351. The molecule has 6 heteroatoms. The third-order valence-electron chi connectivity index (χ3n) is 1.98. The smallest absolute Gasteiger partial charge is 0.271 e. The lowest BCUT2D eigenvalue weighted by Gasteiger charge is -2.08. The Morgan fingerprint density at radius 1 is 1.41 bits per heavy atom. The van der Waals surface area contributed by atoms with Crippen LogP contribution in [0.1, 0.15) is 24.3 Å². The van der Waals surface area contributed by atoms with Crippen LogP contribution in [0.3, 0.4) is 0 Å². The van der Waals surface area contributed by atoms with Crippen molar-refractivity contribution in [2.45, 2.75) is 20.0 Å². The summed E-state index contributed by atoms with van der Waals surface area (Å²) >= 11 is 0. The van der Waals surface area contributed by atoms with Gasteiger partial charge in [-0.05, 0) is 26.0 Å². The summed E-state index contributed by atoms with van der Waals surface area (Å²) in [6.07, 6.45) is 0.221. The van der Waals surface area contributed by atoms with Crippen molar-refractivity contribution in [2.24, 2.45) is 0 Å². The molecule has 1 rings (SSSR count). The van der Waals surface area contributed by atoms with Crippen molar-refractivity contribution >= 4 is 11.7 Å². The quantitative estimate of drug-likeness (QED) is 0.712. The molecular formula is C11H18N4O2. The minimum atomic E-state index is -0.243. The molecule has 0 aliphatic heterocycles. The Morgan fingerprint density at radius 2 is 2.18 bits per heavy atom. The van der Waals surface area contributed by atoms with E-state index in [1.165, 1.54) is 0 Å². The number of hydrogen-bond donors (Lipinski definition) is 2. The first-order valence-electron chi connectivity index (χ1n) is 5.54. The van der Waals surface area contributed by atoms with Crippen LogP contribution in [-0.2, 0) is 4.74 Å². The number of amides is 1. The molecule has 0 bridgehead atoms. The first kappa shape index (κ1) is 13.4. The number of carbonyl (C=O) groups excluding carboxylic acids is 1. The number of carbonyl (C=O) groups is 1. The highest BCUT2D eigenvalue weighted by Gasteiger charge is 2.04. The summed E-state index contributed by atoms with van der Waals surface area (Å²) in [5.74, 6) is 0.386. The Balaban J connectivity index is 2.38. The molecule has 0 atom stereocenters. The molecule has 1 aromatic rings. The maximum Gasteiger partial charge on any atom is 0.271 e. The van der Waals surface area contributed by atoms with Gasteiger partial charge in [-0.3, -0.25) is 4.79 Å². The minimum Gasteiger partial charge on any atom is -0.377 e. The lowest BCUT2D eigenvalue weighted by atomic mass is 10.3. The van der Waals surface area contributed by atoms with Gasteiger partial charge in [0, 0.05) is 13.6 Å². The molecule has 0 aliphatic rings. The van der Waals surface area contributed by atoms with Gasteiger partial charge in [-0.2, -0.15) is 0 Å². The molecular weight excluding hydrogens is 220 g/mol. The highest BCUT2D eigenvalue weighted by Crippen LogP contribution is 2.01. The molecule has 0 fully saturated rings. The molecule has 94 valence electrons. The van der Waals surface area contributed by atoms with Crippen molar-refractivity contribution in [3.63, 3.8) is 0 Å². The summed E-state index contributed by atoms with van der Waals surface area (Å²) < 4.78 is 5.37. The summed E-state index contributed by atoms with van der Waals surface area (Å²) in [5, 5.41) is 13.2. The first-order chi connectivity index (χ1) is 8.13. The van der Waals surface area contributed by atoms with Gasteiger partial charge in [0.2, 0.25) is 0 Å². The zero-order valence-corrected chi connectivity index (χ0v) is 10.4. The number of ether oxygens (including phenoxy) is 1. The van der Waals surface area contributed by atoms with Crippen LogP contribution in [0.15, 0.2) is 12.1 Å². The van der Waals surface area contributed by atoms with Crippen LogP contribution in [0.4, 0.5) is 5.82 Å². The van der Waals surface area contributed by atoms with Crippen LogP contribution < -0.4 is 10.6 Å². The topological polar surface area (TPSA) is 76.1 Å². The van der Waals surface area contributed by atoms with Crippen LogP contribution >= 0.6 is 0 Å². The molecule has 0 radical (unpaired) electrons. The van der Waals surface area contributed by atoms with Crippen molar-refractivity contribution in [3.8, 4) is 0 Å². The highest BCUT2D eigenvalue weighted by molar-refractivity contribution is 5.91. The predicted molar refractivity (Wildman–Crippen MR) is 65.0 cm³/mol. The second kappa shape index (κ2) is 6.80. The van der Waals surface area contributed by atoms with E-state index in [0.717, 1.165) is 0 Å². The summed E-state index contributed by atoms with van der Waals surface area (Å²) in [5.41, 5.74) is 0.302. The number of hydrogen-bond acceptors (Lipinski definition) is 5. The van der Waals surface area contributed by atoms with Gasteiger partial charge in [0.25, 0.3) is 5.91 Å². The minimum absolute atomic E-state index is 0.221. The van der Waals surface area contributed by atoms with Crippen LogP contribution in [-0.4, -0.2) is 42.4 Å². The Labute approximate surface area is 101 Å². The SMILES string of the molecule is CNC(=O)c1ccc(NCCOC(C)C)nn1. The van der Waals surface area contributed by atoms with E-state index in [9.17, 15) is 4.79 Å². The zero-order valence-electron chi connectivity index (χ0n) is 10.4. The molecule has 1 amide bonds. The normalized spacial score (nSPS) is 10.4. The molecule has 1 aromatic heterocycles.